The van der Waals surface area contributed by atoms with Gasteiger partial charge in [0, 0.05) is 0 Å². The zero-order valence-corrected chi connectivity index (χ0v) is 33.7. The van der Waals surface area contributed by atoms with Crippen molar-refractivity contribution in [3.8, 4) is 0 Å². The minimum Gasteiger partial charge on any atom is -1.00 e. The second-order valence-corrected chi connectivity index (χ2v) is 20.9. The minimum absolute atomic E-state index is 0. The van der Waals surface area contributed by atoms with Gasteiger partial charge in [0.2, 0.25) is 0 Å². The van der Waals surface area contributed by atoms with Crippen molar-refractivity contribution in [2.75, 3.05) is 12.3 Å². The average molecular weight is 777 g/mol. The van der Waals surface area contributed by atoms with Gasteiger partial charge in [0.1, 0.15) is 0 Å². The zero-order chi connectivity index (χ0) is 30.8. The fraction of sp³-hybridized carbons (Fsp3) is 0.333. The van der Waals surface area contributed by atoms with Gasteiger partial charge in [-0.05, 0) is 0 Å². The molecule has 5 heteroatoms. The first-order valence-corrected chi connectivity index (χ1v) is 23.2. The van der Waals surface area contributed by atoms with Crippen LogP contribution in [0.2, 0.25) is 0 Å². The van der Waals surface area contributed by atoms with Crippen LogP contribution in [0.1, 0.15) is 94.7 Å². The van der Waals surface area contributed by atoms with Gasteiger partial charge in [-0.15, -0.1) is 0 Å². The quantitative estimate of drug-likeness (QED) is 0.0963. The predicted octanol–water partition coefficient (Wildman–Crippen LogP) is 6.04. The van der Waals surface area contributed by atoms with Crippen molar-refractivity contribution >= 4 is 38.6 Å². The largest absolute Gasteiger partial charge is 1.00 e. The van der Waals surface area contributed by atoms with Crippen molar-refractivity contribution in [2.24, 2.45) is 0 Å². The van der Waals surface area contributed by atoms with Crippen molar-refractivity contribution < 1.29 is 48.0 Å². The molecule has 0 N–H and O–H groups in total. The topological polar surface area (TPSA) is 0 Å². The molecule has 0 nitrogen and oxygen atoms in total. The maximum Gasteiger partial charge on any atom is -1.00 e. The number of hydrogen-bond acceptors (Lipinski definition) is 0. The average Bonchev–Trinajstić information content (AvgIpc) is 3.63. The molecule has 0 radical (unpaired) electrons. The Hall–Kier alpha value is -1.32. The smallest absolute Gasteiger partial charge is 1.00 e. The van der Waals surface area contributed by atoms with Crippen LogP contribution in [0.4, 0.5) is 0 Å². The van der Waals surface area contributed by atoms with Gasteiger partial charge < -0.3 is 24.8 Å². The van der Waals surface area contributed by atoms with Gasteiger partial charge in [0.15, 0.2) is 0 Å². The molecular weight excluding hydrogens is 729 g/mol. The van der Waals surface area contributed by atoms with Crippen molar-refractivity contribution in [3.63, 3.8) is 0 Å². The Morgan fingerprint density at radius 3 is 1.40 bits per heavy atom. The third kappa shape index (κ3) is 9.48. The monoisotopic (exact) mass is 774 g/mol. The molecule has 2 atom stereocenters. The molecule has 0 heterocycles. The van der Waals surface area contributed by atoms with Gasteiger partial charge in [-0.25, -0.2) is 0 Å². The molecular formula is C42H48Cl2P2Zr. The van der Waals surface area contributed by atoms with Crippen LogP contribution in [-0.4, -0.2) is 12.3 Å². The first-order valence-electron chi connectivity index (χ1n) is 17.3. The van der Waals surface area contributed by atoms with Crippen molar-refractivity contribution in [2.45, 2.75) is 72.5 Å². The van der Waals surface area contributed by atoms with Gasteiger partial charge in [-0.3, -0.25) is 0 Å². The standard InChI is InChI=1S/C21H16P.C21H32P.2ClH.Zr/c1-3-11-19(12-4-1)22(20-13-5-2-6-14-20)21-15-17-9-7-8-10-18(17)16-21;1-3-5-7-11-15-22(16-12-8-6-4-2)21-17-19-13-9-10-14-20(19)18-21;;;/h1-16H;9-10,13-14,17-18H,3-8,11-12,15-16H2,1-2H3;2*1H;/q;;;;+2/p-2. The Bertz CT molecular complexity index is 1540. The summed E-state index contributed by atoms with van der Waals surface area (Å²) >= 11 is -1.01. The van der Waals surface area contributed by atoms with Gasteiger partial charge in [0.25, 0.3) is 0 Å². The third-order valence-electron chi connectivity index (χ3n) is 9.36. The Kier molecular flexibility index (Phi) is 16.2. The van der Waals surface area contributed by atoms with Crippen LogP contribution in [0.25, 0.3) is 12.2 Å². The molecule has 2 aliphatic rings. The van der Waals surface area contributed by atoms with E-state index in [9.17, 15) is 0 Å². The van der Waals surface area contributed by atoms with E-state index >= 15 is 0 Å². The van der Waals surface area contributed by atoms with Crippen LogP contribution in [0.15, 0.2) is 120 Å². The van der Waals surface area contributed by atoms with Crippen LogP contribution in [-0.2, 0) is 23.2 Å². The zero-order valence-electron chi connectivity index (χ0n) is 27.9. The summed E-state index contributed by atoms with van der Waals surface area (Å²) in [4.78, 5) is 0. The van der Waals surface area contributed by atoms with Crippen molar-refractivity contribution in [1.29, 1.82) is 0 Å². The number of benzene rings is 4. The molecule has 0 saturated carbocycles. The summed E-state index contributed by atoms with van der Waals surface area (Å²) < 4.78 is 1.27. The molecule has 47 heavy (non-hydrogen) atoms. The molecule has 4 aromatic carbocycles. The number of unbranched alkanes of at least 4 members (excludes halogenated alkanes) is 6. The number of halogens is 2. The number of hydrogen-bond donors (Lipinski definition) is 0. The number of rotatable bonds is 16. The summed E-state index contributed by atoms with van der Waals surface area (Å²) in [7, 11) is -0.689. The van der Waals surface area contributed by atoms with Crippen LogP contribution in [0, 0.1) is 0 Å². The summed E-state index contributed by atoms with van der Waals surface area (Å²) in [6.45, 7) is 4.69. The van der Waals surface area contributed by atoms with Crippen molar-refractivity contribution in [1.82, 2.24) is 0 Å². The Balaban J connectivity index is 0.00000250. The Morgan fingerprint density at radius 2 is 0.915 bits per heavy atom. The van der Waals surface area contributed by atoms with E-state index in [-0.39, 0.29) is 32.7 Å². The SMILES string of the molecule is CCCCCCP(CCCCCC)C1=Cc2ccccc2[CH]1[Zr+2][CH]1C(P(c2ccccc2)c2ccccc2)=Cc2ccccc21.[Cl-].[Cl-]. The van der Waals surface area contributed by atoms with Gasteiger partial charge in [-0.1, -0.05) is 0 Å². The molecule has 2 unspecified atom stereocenters. The molecule has 0 bridgehead atoms. The van der Waals surface area contributed by atoms with E-state index < -0.39 is 31.2 Å². The summed E-state index contributed by atoms with van der Waals surface area (Å²) in [6, 6.07) is 41.7. The van der Waals surface area contributed by atoms with Gasteiger partial charge in [-0.2, -0.15) is 0 Å². The second kappa shape index (κ2) is 19.8. The summed E-state index contributed by atoms with van der Waals surface area (Å²) in [6.07, 6.45) is 19.2. The molecule has 0 spiro atoms. The van der Waals surface area contributed by atoms with Gasteiger partial charge in [0.05, 0.1) is 0 Å². The number of fused-ring (bicyclic) bond motifs is 2. The van der Waals surface area contributed by atoms with E-state index in [1.807, 2.05) is 5.31 Å². The van der Waals surface area contributed by atoms with E-state index in [0.29, 0.717) is 7.25 Å². The number of allylic oxidation sites excluding steroid dienone is 2. The third-order valence-corrected chi connectivity index (χ3v) is 20.6. The van der Waals surface area contributed by atoms with Gasteiger partial charge >= 0.3 is 289 Å². The molecule has 0 saturated heterocycles. The molecule has 0 aliphatic heterocycles. The summed E-state index contributed by atoms with van der Waals surface area (Å²) in [5, 5.41) is 6.55. The van der Waals surface area contributed by atoms with Crippen LogP contribution in [0.3, 0.4) is 0 Å². The summed E-state index contributed by atoms with van der Waals surface area (Å²) in [5.74, 6) is 0. The molecule has 0 amide bonds. The van der Waals surface area contributed by atoms with E-state index in [0.717, 1.165) is 0 Å². The maximum absolute atomic E-state index is 2.70. The van der Waals surface area contributed by atoms with E-state index in [1.165, 1.54) is 85.4 Å². The van der Waals surface area contributed by atoms with Crippen LogP contribution >= 0.6 is 15.8 Å². The van der Waals surface area contributed by atoms with E-state index in [1.54, 1.807) is 16.4 Å². The predicted molar refractivity (Wildman–Crippen MR) is 198 cm³/mol. The normalized spacial score (nSPS) is 16.1. The van der Waals surface area contributed by atoms with E-state index in [4.69, 9.17) is 0 Å². The van der Waals surface area contributed by atoms with Crippen LogP contribution in [0.5, 0.6) is 0 Å². The summed E-state index contributed by atoms with van der Waals surface area (Å²) in [5.41, 5.74) is 6.26. The molecule has 6 rings (SSSR count). The second-order valence-electron chi connectivity index (χ2n) is 12.5. The fourth-order valence-electron chi connectivity index (χ4n) is 7.03. The minimum atomic E-state index is -1.01. The first kappa shape index (κ1) is 38.5. The first-order chi connectivity index (χ1) is 22.3. The fourth-order valence-corrected chi connectivity index (χ4v) is 19.7. The molecule has 0 aromatic heterocycles. The van der Waals surface area contributed by atoms with E-state index in [2.05, 4.69) is 135 Å². The molecule has 244 valence electrons. The van der Waals surface area contributed by atoms with Crippen LogP contribution < -0.4 is 35.4 Å². The maximum atomic E-state index is 2.70. The molecule has 4 aromatic rings. The van der Waals surface area contributed by atoms with Crippen molar-refractivity contribution in [3.05, 3.63) is 142 Å². The molecule has 0 fully saturated rings. The molecule has 2 aliphatic carbocycles. The Labute approximate surface area is 311 Å². The Morgan fingerprint density at radius 1 is 0.489 bits per heavy atom.